The van der Waals surface area contributed by atoms with Crippen LogP contribution >= 0.6 is 11.3 Å². The lowest BCUT2D eigenvalue weighted by Crippen LogP contribution is -2.30. The lowest BCUT2D eigenvalue weighted by Gasteiger charge is -2.13. The van der Waals surface area contributed by atoms with Crippen molar-refractivity contribution >= 4 is 28.9 Å². The molecule has 3 aromatic rings. The second kappa shape index (κ2) is 8.25. The van der Waals surface area contributed by atoms with Crippen LogP contribution in [0.4, 0.5) is 5.69 Å². The Balaban J connectivity index is 1.65. The first kappa shape index (κ1) is 18.3. The molecule has 0 unspecified atom stereocenters. The maximum absolute atomic E-state index is 12.3. The van der Waals surface area contributed by atoms with E-state index in [2.05, 4.69) is 10.3 Å². The molecule has 0 fully saturated rings. The first-order chi connectivity index (χ1) is 13.1. The number of nitrogens with zero attached hydrogens (tertiary/aromatic N) is 2. The lowest BCUT2D eigenvalue weighted by molar-refractivity contribution is -0.123. The number of hydrogen-bond acceptors (Lipinski definition) is 6. The van der Waals surface area contributed by atoms with Crippen LogP contribution in [0.15, 0.2) is 60.0 Å². The molecule has 1 aromatic heterocycles. The van der Waals surface area contributed by atoms with Crippen molar-refractivity contribution in [2.45, 2.75) is 13.0 Å². The lowest BCUT2D eigenvalue weighted by atomic mass is 10.2. The number of nitriles is 1. The minimum Gasteiger partial charge on any atom is -0.448 e. The van der Waals surface area contributed by atoms with Gasteiger partial charge in [0.2, 0.25) is 0 Å². The topological polar surface area (TPSA) is 92.1 Å². The summed E-state index contributed by atoms with van der Waals surface area (Å²) in [6, 6.07) is 18.1. The summed E-state index contributed by atoms with van der Waals surface area (Å²) in [7, 11) is 0. The molecule has 3 rings (SSSR count). The van der Waals surface area contributed by atoms with Crippen molar-refractivity contribution in [3.8, 4) is 16.6 Å². The van der Waals surface area contributed by atoms with Crippen molar-refractivity contribution in [1.29, 1.82) is 5.26 Å². The molecular weight excluding hydrogens is 362 g/mol. The van der Waals surface area contributed by atoms with Gasteiger partial charge in [0.25, 0.3) is 5.91 Å². The van der Waals surface area contributed by atoms with E-state index < -0.39 is 18.0 Å². The summed E-state index contributed by atoms with van der Waals surface area (Å²) in [6.07, 6.45) is -1.04. The monoisotopic (exact) mass is 377 g/mol. The molecule has 1 atom stereocenters. The summed E-state index contributed by atoms with van der Waals surface area (Å²) in [4.78, 5) is 28.8. The maximum Gasteiger partial charge on any atom is 0.358 e. The largest absolute Gasteiger partial charge is 0.448 e. The quantitative estimate of drug-likeness (QED) is 0.682. The summed E-state index contributed by atoms with van der Waals surface area (Å²) in [5, 5.41) is 14.0. The van der Waals surface area contributed by atoms with E-state index in [9.17, 15) is 9.59 Å². The Morgan fingerprint density at radius 3 is 2.59 bits per heavy atom. The van der Waals surface area contributed by atoms with Gasteiger partial charge >= 0.3 is 5.97 Å². The highest BCUT2D eigenvalue weighted by molar-refractivity contribution is 7.13. The molecule has 2 aromatic carbocycles. The summed E-state index contributed by atoms with van der Waals surface area (Å²) < 4.78 is 5.20. The molecule has 27 heavy (non-hydrogen) atoms. The smallest absolute Gasteiger partial charge is 0.358 e. The first-order valence-electron chi connectivity index (χ1n) is 8.10. The number of para-hydroxylation sites is 1. The molecule has 0 saturated carbocycles. The van der Waals surface area contributed by atoms with Crippen LogP contribution in [0.2, 0.25) is 0 Å². The fourth-order valence-corrected chi connectivity index (χ4v) is 3.07. The van der Waals surface area contributed by atoms with E-state index in [0.29, 0.717) is 16.3 Å². The van der Waals surface area contributed by atoms with E-state index >= 15 is 0 Å². The van der Waals surface area contributed by atoms with Gasteiger partial charge in [-0.2, -0.15) is 5.26 Å². The van der Waals surface area contributed by atoms with Crippen LogP contribution in [0.3, 0.4) is 0 Å². The van der Waals surface area contributed by atoms with Gasteiger partial charge in [-0.25, -0.2) is 9.78 Å². The molecule has 0 aliphatic carbocycles. The van der Waals surface area contributed by atoms with E-state index in [1.165, 1.54) is 18.3 Å². The summed E-state index contributed by atoms with van der Waals surface area (Å²) in [5.74, 6) is -1.20. The molecule has 134 valence electrons. The summed E-state index contributed by atoms with van der Waals surface area (Å²) in [6.45, 7) is 1.46. The maximum atomic E-state index is 12.3. The minimum atomic E-state index is -1.04. The highest BCUT2D eigenvalue weighted by Crippen LogP contribution is 2.24. The van der Waals surface area contributed by atoms with Gasteiger partial charge < -0.3 is 10.1 Å². The predicted octanol–water partition coefficient (Wildman–Crippen LogP) is 3.87. The van der Waals surface area contributed by atoms with Crippen LogP contribution in [0.25, 0.3) is 10.6 Å². The van der Waals surface area contributed by atoms with Crippen molar-refractivity contribution in [2.24, 2.45) is 0 Å². The summed E-state index contributed by atoms with van der Waals surface area (Å²) in [5.41, 5.74) is 1.75. The standard InChI is InChI=1S/C20H15N3O3S/c1-13(18(24)22-16-10-6-5-9-15(16)11-21)26-20(25)17-12-27-19(23-17)14-7-3-2-4-8-14/h2-10,12-13H,1H3,(H,22,24)/t13-/m0/s1. The van der Waals surface area contributed by atoms with Gasteiger partial charge in [-0.15, -0.1) is 11.3 Å². The summed E-state index contributed by atoms with van der Waals surface area (Å²) >= 11 is 1.33. The molecule has 1 amide bonds. The Morgan fingerprint density at radius 2 is 1.85 bits per heavy atom. The molecule has 0 aliphatic heterocycles. The van der Waals surface area contributed by atoms with Gasteiger partial charge in [0.15, 0.2) is 11.8 Å². The number of benzene rings is 2. The molecule has 0 saturated heterocycles. The van der Waals surface area contributed by atoms with Crippen LogP contribution in [-0.4, -0.2) is 23.0 Å². The highest BCUT2D eigenvalue weighted by atomic mass is 32.1. The zero-order chi connectivity index (χ0) is 19.2. The number of esters is 1. The SMILES string of the molecule is C[C@H](OC(=O)c1csc(-c2ccccc2)n1)C(=O)Nc1ccccc1C#N. The van der Waals surface area contributed by atoms with Crippen molar-refractivity contribution in [3.05, 3.63) is 71.2 Å². The number of nitrogens with one attached hydrogen (secondary N) is 1. The van der Waals surface area contributed by atoms with Gasteiger partial charge in [-0.3, -0.25) is 4.79 Å². The fourth-order valence-electron chi connectivity index (χ4n) is 2.28. The third-order valence-corrected chi connectivity index (χ3v) is 4.58. The van der Waals surface area contributed by atoms with Crippen molar-refractivity contribution < 1.29 is 14.3 Å². The molecule has 1 N–H and O–H groups in total. The van der Waals surface area contributed by atoms with Gasteiger partial charge in [-0.1, -0.05) is 42.5 Å². The van der Waals surface area contributed by atoms with Crippen LogP contribution in [0.5, 0.6) is 0 Å². The highest BCUT2D eigenvalue weighted by Gasteiger charge is 2.21. The predicted molar refractivity (Wildman–Crippen MR) is 102 cm³/mol. The van der Waals surface area contributed by atoms with E-state index in [0.717, 1.165) is 5.56 Å². The number of amides is 1. The Bertz CT molecular complexity index is 1010. The molecule has 0 spiro atoms. The van der Waals surface area contributed by atoms with Crippen LogP contribution in [0, 0.1) is 11.3 Å². The third kappa shape index (κ3) is 4.37. The molecule has 0 aliphatic rings. The second-order valence-corrected chi connectivity index (χ2v) is 6.46. The number of anilines is 1. The van der Waals surface area contributed by atoms with E-state index in [1.54, 1.807) is 29.6 Å². The number of thiazole rings is 1. The van der Waals surface area contributed by atoms with Crippen LogP contribution in [-0.2, 0) is 9.53 Å². The van der Waals surface area contributed by atoms with Crippen molar-refractivity contribution in [2.75, 3.05) is 5.32 Å². The fraction of sp³-hybridized carbons (Fsp3) is 0.100. The Kier molecular flexibility index (Phi) is 5.59. The number of rotatable bonds is 5. The number of ether oxygens (including phenoxy) is 1. The van der Waals surface area contributed by atoms with Crippen molar-refractivity contribution in [1.82, 2.24) is 4.98 Å². The first-order valence-corrected chi connectivity index (χ1v) is 8.98. The zero-order valence-corrected chi connectivity index (χ0v) is 15.2. The number of carbonyl (C=O) groups excluding carboxylic acids is 2. The Morgan fingerprint density at radius 1 is 1.15 bits per heavy atom. The number of hydrogen-bond donors (Lipinski definition) is 1. The second-order valence-electron chi connectivity index (χ2n) is 5.60. The number of carbonyl (C=O) groups is 2. The van der Waals surface area contributed by atoms with Crippen molar-refractivity contribution in [3.63, 3.8) is 0 Å². The Labute approximate surface area is 160 Å². The van der Waals surface area contributed by atoms with Gasteiger partial charge in [0.1, 0.15) is 11.1 Å². The molecule has 7 heteroatoms. The molecular formula is C20H15N3O3S. The van der Waals surface area contributed by atoms with E-state index in [1.807, 2.05) is 36.4 Å². The molecule has 0 radical (unpaired) electrons. The number of aromatic nitrogens is 1. The molecule has 0 bridgehead atoms. The van der Waals surface area contributed by atoms with Crippen LogP contribution < -0.4 is 5.32 Å². The average Bonchev–Trinajstić information content (AvgIpc) is 3.19. The van der Waals surface area contributed by atoms with E-state index in [4.69, 9.17) is 10.00 Å². The van der Waals surface area contributed by atoms with Gasteiger partial charge in [-0.05, 0) is 19.1 Å². The zero-order valence-electron chi connectivity index (χ0n) is 14.4. The average molecular weight is 377 g/mol. The van der Waals surface area contributed by atoms with Gasteiger partial charge in [0, 0.05) is 10.9 Å². The third-order valence-electron chi connectivity index (χ3n) is 3.69. The van der Waals surface area contributed by atoms with Gasteiger partial charge in [0.05, 0.1) is 11.3 Å². The Hall–Kier alpha value is -3.50. The molecule has 1 heterocycles. The molecule has 6 nitrogen and oxygen atoms in total. The van der Waals surface area contributed by atoms with E-state index in [-0.39, 0.29) is 5.69 Å². The minimum absolute atomic E-state index is 0.149. The normalized spacial score (nSPS) is 11.3. The van der Waals surface area contributed by atoms with Crippen LogP contribution in [0.1, 0.15) is 23.0 Å².